The number of benzene rings is 1. The maximum Gasteiger partial charge on any atom is 0.234 e. The molecule has 0 spiro atoms. The Labute approximate surface area is 100 Å². The van der Waals surface area contributed by atoms with Crippen molar-refractivity contribution in [1.29, 1.82) is 0 Å². The molecule has 0 N–H and O–H groups in total. The molecule has 88 valence electrons. The topological polar surface area (TPSA) is 38.8 Å². The Kier molecular flexibility index (Phi) is 3.70. The van der Waals surface area contributed by atoms with Crippen LogP contribution < -0.4 is 5.30 Å². The van der Waals surface area contributed by atoms with Gasteiger partial charge in [0, 0.05) is 10.3 Å². The van der Waals surface area contributed by atoms with Crippen molar-refractivity contribution in [2.45, 2.75) is 13.0 Å². The second kappa shape index (κ2) is 4.89. The largest absolute Gasteiger partial charge is 0.373 e. The number of halogens is 1. The molecule has 1 aliphatic rings. The van der Waals surface area contributed by atoms with Crippen LogP contribution in [0, 0.1) is 0 Å². The van der Waals surface area contributed by atoms with E-state index in [-0.39, 0.29) is 6.10 Å². The first kappa shape index (κ1) is 12.1. The van der Waals surface area contributed by atoms with E-state index in [4.69, 9.17) is 20.9 Å². The first-order valence-corrected chi connectivity index (χ1v) is 7.44. The molecular weight excluding hydrogens is 247 g/mol. The molecular formula is C11H14ClO3P. The summed E-state index contributed by atoms with van der Waals surface area (Å²) in [6.45, 7) is 2.97. The summed E-state index contributed by atoms with van der Waals surface area (Å²) >= 11 is 5.80. The number of rotatable bonds is 5. The molecule has 0 aromatic heterocycles. The van der Waals surface area contributed by atoms with E-state index in [1.807, 2.05) is 6.92 Å². The first-order valence-electron chi connectivity index (χ1n) is 5.25. The standard InChI is InChI=1S/C11H14ClO3P/c1-2-15-16(13,8-10-7-14-10)11-5-3-9(12)4-6-11/h3-6,10H,2,7-8H2,1H3. The van der Waals surface area contributed by atoms with Crippen LogP contribution in [-0.2, 0) is 13.8 Å². The van der Waals surface area contributed by atoms with E-state index in [0.717, 1.165) is 0 Å². The van der Waals surface area contributed by atoms with E-state index in [2.05, 4.69) is 0 Å². The molecule has 0 aliphatic carbocycles. The Morgan fingerprint density at radius 1 is 1.50 bits per heavy atom. The van der Waals surface area contributed by atoms with Gasteiger partial charge in [-0.05, 0) is 31.2 Å². The van der Waals surface area contributed by atoms with E-state index in [9.17, 15) is 4.57 Å². The maximum absolute atomic E-state index is 12.6. The zero-order chi connectivity index (χ0) is 11.6. The van der Waals surface area contributed by atoms with Crippen molar-refractivity contribution >= 4 is 24.3 Å². The van der Waals surface area contributed by atoms with E-state index >= 15 is 0 Å². The highest BCUT2D eigenvalue weighted by Gasteiger charge is 2.35. The van der Waals surface area contributed by atoms with Gasteiger partial charge in [0.1, 0.15) is 0 Å². The summed E-state index contributed by atoms with van der Waals surface area (Å²) in [7, 11) is -2.77. The van der Waals surface area contributed by atoms with Gasteiger partial charge in [-0.25, -0.2) is 0 Å². The number of hydrogen-bond acceptors (Lipinski definition) is 3. The number of ether oxygens (including phenoxy) is 1. The lowest BCUT2D eigenvalue weighted by molar-refractivity contribution is 0.334. The monoisotopic (exact) mass is 260 g/mol. The zero-order valence-corrected chi connectivity index (χ0v) is 10.7. The van der Waals surface area contributed by atoms with Gasteiger partial charge < -0.3 is 9.26 Å². The summed E-state index contributed by atoms with van der Waals surface area (Å²) < 4.78 is 23.2. The molecule has 0 bridgehead atoms. The SMILES string of the molecule is CCOP(=O)(CC1CO1)c1ccc(Cl)cc1. The molecule has 1 aromatic carbocycles. The summed E-state index contributed by atoms with van der Waals surface area (Å²) in [5.74, 6) is 0. The molecule has 1 aromatic rings. The Morgan fingerprint density at radius 3 is 2.62 bits per heavy atom. The predicted molar refractivity (Wildman–Crippen MR) is 64.9 cm³/mol. The summed E-state index contributed by atoms with van der Waals surface area (Å²) in [5.41, 5.74) is 0. The van der Waals surface area contributed by atoms with Crippen LogP contribution in [0.4, 0.5) is 0 Å². The van der Waals surface area contributed by atoms with Crippen molar-refractivity contribution in [2.75, 3.05) is 19.4 Å². The molecule has 1 heterocycles. The van der Waals surface area contributed by atoms with E-state index in [0.29, 0.717) is 29.7 Å². The molecule has 1 fully saturated rings. The minimum atomic E-state index is -2.77. The molecule has 1 saturated heterocycles. The third kappa shape index (κ3) is 2.86. The van der Waals surface area contributed by atoms with Crippen molar-refractivity contribution in [3.8, 4) is 0 Å². The van der Waals surface area contributed by atoms with Gasteiger partial charge >= 0.3 is 0 Å². The van der Waals surface area contributed by atoms with Gasteiger partial charge in [-0.1, -0.05) is 11.6 Å². The third-order valence-electron chi connectivity index (χ3n) is 2.40. The summed E-state index contributed by atoms with van der Waals surface area (Å²) in [6, 6.07) is 6.99. The summed E-state index contributed by atoms with van der Waals surface area (Å²) in [5, 5.41) is 1.35. The second-order valence-electron chi connectivity index (χ2n) is 3.71. The van der Waals surface area contributed by atoms with Crippen molar-refractivity contribution in [3.63, 3.8) is 0 Å². The first-order chi connectivity index (χ1) is 7.64. The fraction of sp³-hybridized carbons (Fsp3) is 0.455. The molecule has 0 radical (unpaired) electrons. The highest BCUT2D eigenvalue weighted by atomic mass is 35.5. The molecule has 5 heteroatoms. The lowest BCUT2D eigenvalue weighted by Gasteiger charge is -2.17. The predicted octanol–water partition coefficient (Wildman–Crippen LogP) is 2.68. The molecule has 3 nitrogen and oxygen atoms in total. The highest BCUT2D eigenvalue weighted by Crippen LogP contribution is 2.48. The average molecular weight is 261 g/mol. The lowest BCUT2D eigenvalue weighted by Crippen LogP contribution is -2.13. The molecule has 16 heavy (non-hydrogen) atoms. The fourth-order valence-electron chi connectivity index (χ4n) is 1.55. The molecule has 2 rings (SSSR count). The Bertz CT molecular complexity index is 400. The van der Waals surface area contributed by atoms with Crippen LogP contribution in [-0.4, -0.2) is 25.5 Å². The Balaban J connectivity index is 2.22. The van der Waals surface area contributed by atoms with Crippen LogP contribution in [0.1, 0.15) is 6.92 Å². The van der Waals surface area contributed by atoms with Gasteiger partial charge in [0.15, 0.2) is 0 Å². The number of epoxide rings is 1. The molecule has 0 amide bonds. The van der Waals surface area contributed by atoms with Crippen molar-refractivity contribution in [1.82, 2.24) is 0 Å². The molecule has 2 unspecified atom stereocenters. The smallest absolute Gasteiger partial charge is 0.234 e. The summed E-state index contributed by atoms with van der Waals surface area (Å²) in [6.07, 6.45) is 0.552. The minimum Gasteiger partial charge on any atom is -0.373 e. The van der Waals surface area contributed by atoms with Gasteiger partial charge in [-0.2, -0.15) is 0 Å². The molecule has 1 aliphatic heterocycles. The van der Waals surface area contributed by atoms with Crippen LogP contribution in [0.3, 0.4) is 0 Å². The van der Waals surface area contributed by atoms with Gasteiger partial charge in [0.2, 0.25) is 7.37 Å². The van der Waals surface area contributed by atoms with Crippen molar-refractivity contribution in [3.05, 3.63) is 29.3 Å². The lowest BCUT2D eigenvalue weighted by atomic mass is 10.4. The fourth-order valence-corrected chi connectivity index (χ4v) is 3.91. The number of hydrogen-bond donors (Lipinski definition) is 0. The van der Waals surface area contributed by atoms with Gasteiger partial charge in [0.05, 0.1) is 25.5 Å². The average Bonchev–Trinajstić information content (AvgIpc) is 3.02. The van der Waals surface area contributed by atoms with Crippen LogP contribution in [0.15, 0.2) is 24.3 Å². The Morgan fingerprint density at radius 2 is 2.12 bits per heavy atom. The van der Waals surface area contributed by atoms with Crippen LogP contribution >= 0.6 is 19.0 Å². The highest BCUT2D eigenvalue weighted by molar-refractivity contribution is 7.67. The zero-order valence-electron chi connectivity index (χ0n) is 9.06. The minimum absolute atomic E-state index is 0.0908. The van der Waals surface area contributed by atoms with E-state index < -0.39 is 7.37 Å². The van der Waals surface area contributed by atoms with Gasteiger partial charge in [-0.15, -0.1) is 0 Å². The molecule has 0 saturated carbocycles. The maximum atomic E-state index is 12.6. The quantitative estimate of drug-likeness (QED) is 0.604. The second-order valence-corrected chi connectivity index (χ2v) is 6.63. The summed E-state index contributed by atoms with van der Waals surface area (Å²) in [4.78, 5) is 0. The Hall–Kier alpha value is -0.340. The third-order valence-corrected chi connectivity index (χ3v) is 5.30. The van der Waals surface area contributed by atoms with E-state index in [1.54, 1.807) is 24.3 Å². The molecule has 2 atom stereocenters. The van der Waals surface area contributed by atoms with E-state index in [1.165, 1.54) is 0 Å². The normalized spacial score (nSPS) is 22.8. The van der Waals surface area contributed by atoms with Crippen LogP contribution in [0.25, 0.3) is 0 Å². The van der Waals surface area contributed by atoms with Crippen molar-refractivity contribution in [2.24, 2.45) is 0 Å². The van der Waals surface area contributed by atoms with Crippen LogP contribution in [0.5, 0.6) is 0 Å². The van der Waals surface area contributed by atoms with Crippen molar-refractivity contribution < 1.29 is 13.8 Å². The van der Waals surface area contributed by atoms with Gasteiger partial charge in [0.25, 0.3) is 0 Å². The van der Waals surface area contributed by atoms with Crippen LogP contribution in [0.2, 0.25) is 5.02 Å². The van der Waals surface area contributed by atoms with Gasteiger partial charge in [-0.3, -0.25) is 4.57 Å².